The quantitative estimate of drug-likeness (QED) is 0.217. The maximum atomic E-state index is 13.7. The van der Waals surface area contributed by atoms with Gasteiger partial charge in [-0.25, -0.2) is 4.90 Å². The van der Waals surface area contributed by atoms with E-state index in [0.717, 1.165) is 37.3 Å². The Bertz CT molecular complexity index is 1320. The van der Waals surface area contributed by atoms with Crippen molar-refractivity contribution in [1.82, 2.24) is 0 Å². The number of hydrogen-bond donors (Lipinski definition) is 0. The number of amides is 2. The van der Waals surface area contributed by atoms with Crippen LogP contribution in [0.3, 0.4) is 0 Å². The molecule has 0 unspecified atom stereocenters. The molecule has 6 rings (SSSR count). The van der Waals surface area contributed by atoms with Gasteiger partial charge in [-0.15, -0.1) is 0 Å². The Morgan fingerprint density at radius 1 is 0.694 bits per heavy atom. The molecule has 3 aliphatic rings. The van der Waals surface area contributed by atoms with Crippen LogP contribution in [0.1, 0.15) is 11.1 Å². The molecule has 180 valence electrons. The summed E-state index contributed by atoms with van der Waals surface area (Å²) in [4.78, 5) is 28.8. The number of hydrogen-bond acceptors (Lipinski definition) is 4. The minimum absolute atomic E-state index is 0.107. The van der Waals surface area contributed by atoms with Gasteiger partial charge in [-0.2, -0.15) is 0 Å². The fraction of sp³-hybridized carbons (Fsp3) is 0.200. The molecule has 3 aromatic rings. The van der Waals surface area contributed by atoms with Crippen LogP contribution in [0.4, 0.5) is 5.69 Å². The number of methoxy groups -OCH3 is 2. The van der Waals surface area contributed by atoms with Crippen LogP contribution < -0.4 is 14.4 Å². The SMILES string of the molecule is COc1ccc(C(=C2[C@H]3C=C[C@H]2[C@H]2C(=O)N(c4ccc(I)cc4)C(=O)[C@H]23)c2ccc(OC)cc2)cc1. The van der Waals surface area contributed by atoms with E-state index in [0.29, 0.717) is 5.69 Å². The van der Waals surface area contributed by atoms with E-state index < -0.39 is 0 Å². The van der Waals surface area contributed by atoms with Gasteiger partial charge >= 0.3 is 0 Å². The zero-order chi connectivity index (χ0) is 25.0. The number of halogens is 1. The standard InChI is InChI=1S/C30H24INO4/c1-35-21-11-3-17(4-12-21)25(18-5-13-22(36-2)14-6-18)26-23-15-16-24(26)28-27(23)29(33)32(30(28)34)20-9-7-19(31)8-10-20/h3-16,23-24,27-28H,1-2H3/t23-,24-,27-,28+/m1/s1. The number of carbonyl (C=O) groups excluding carboxylic acids is 2. The summed E-state index contributed by atoms with van der Waals surface area (Å²) in [7, 11) is 3.30. The predicted molar refractivity (Wildman–Crippen MR) is 147 cm³/mol. The van der Waals surface area contributed by atoms with E-state index in [4.69, 9.17) is 9.47 Å². The van der Waals surface area contributed by atoms with Gasteiger partial charge in [0.1, 0.15) is 11.5 Å². The third-order valence-electron chi connectivity index (χ3n) is 7.55. The Labute approximate surface area is 223 Å². The molecule has 4 atom stereocenters. The highest BCUT2D eigenvalue weighted by Gasteiger charge is 2.62. The predicted octanol–water partition coefficient (Wildman–Crippen LogP) is 5.73. The Hall–Kier alpha value is -3.39. The summed E-state index contributed by atoms with van der Waals surface area (Å²) < 4.78 is 11.8. The van der Waals surface area contributed by atoms with Crippen LogP contribution in [-0.4, -0.2) is 26.0 Å². The summed E-state index contributed by atoms with van der Waals surface area (Å²) in [5.41, 5.74) is 4.92. The molecular formula is C30H24INO4. The van der Waals surface area contributed by atoms with E-state index in [-0.39, 0.29) is 35.5 Å². The third kappa shape index (κ3) is 3.50. The molecule has 2 fully saturated rings. The third-order valence-corrected chi connectivity index (χ3v) is 8.27. The van der Waals surface area contributed by atoms with Crippen molar-refractivity contribution in [1.29, 1.82) is 0 Å². The maximum absolute atomic E-state index is 13.7. The molecule has 1 saturated carbocycles. The highest BCUT2D eigenvalue weighted by Crippen LogP contribution is 2.59. The van der Waals surface area contributed by atoms with Crippen molar-refractivity contribution < 1.29 is 19.1 Å². The average Bonchev–Trinajstić information content (AvgIpc) is 3.55. The van der Waals surface area contributed by atoms with Gasteiger partial charge in [0.2, 0.25) is 11.8 Å². The van der Waals surface area contributed by atoms with Crippen LogP contribution in [0.5, 0.6) is 11.5 Å². The first-order chi connectivity index (χ1) is 17.5. The van der Waals surface area contributed by atoms with E-state index in [1.54, 1.807) is 14.2 Å². The lowest BCUT2D eigenvalue weighted by atomic mass is 9.85. The number of allylic oxidation sites excluding steroid dienone is 3. The summed E-state index contributed by atoms with van der Waals surface area (Å²) in [5, 5.41) is 0. The van der Waals surface area contributed by atoms with Gasteiger partial charge in [0, 0.05) is 15.4 Å². The second-order valence-electron chi connectivity index (χ2n) is 9.26. The van der Waals surface area contributed by atoms with E-state index in [9.17, 15) is 9.59 Å². The van der Waals surface area contributed by atoms with Gasteiger partial charge in [-0.3, -0.25) is 9.59 Å². The fourth-order valence-corrected chi connectivity index (χ4v) is 6.32. The topological polar surface area (TPSA) is 55.8 Å². The van der Waals surface area contributed by atoms with Crippen molar-refractivity contribution in [3.63, 3.8) is 0 Å². The molecule has 5 nitrogen and oxygen atoms in total. The molecule has 1 heterocycles. The van der Waals surface area contributed by atoms with Crippen LogP contribution >= 0.6 is 22.6 Å². The number of benzene rings is 3. The lowest BCUT2D eigenvalue weighted by Crippen LogP contribution is -2.33. The molecule has 1 saturated heterocycles. The second-order valence-corrected chi connectivity index (χ2v) is 10.5. The van der Waals surface area contributed by atoms with Crippen molar-refractivity contribution in [3.05, 3.63) is 105 Å². The zero-order valence-electron chi connectivity index (χ0n) is 19.9. The molecule has 6 heteroatoms. The van der Waals surface area contributed by atoms with E-state index >= 15 is 0 Å². The molecule has 0 N–H and O–H groups in total. The van der Waals surface area contributed by atoms with Crippen molar-refractivity contribution >= 4 is 45.7 Å². The molecule has 1 aliphatic heterocycles. The van der Waals surface area contributed by atoms with Gasteiger partial charge in [0.15, 0.2) is 0 Å². The van der Waals surface area contributed by atoms with Gasteiger partial charge in [-0.05, 0) is 93.4 Å². The molecule has 3 aromatic carbocycles. The van der Waals surface area contributed by atoms with Crippen molar-refractivity contribution in [2.45, 2.75) is 0 Å². The van der Waals surface area contributed by atoms with Crippen molar-refractivity contribution in [3.8, 4) is 11.5 Å². The fourth-order valence-electron chi connectivity index (χ4n) is 5.96. The zero-order valence-corrected chi connectivity index (χ0v) is 22.0. The number of carbonyl (C=O) groups is 2. The Morgan fingerprint density at radius 3 is 1.56 bits per heavy atom. The highest BCUT2D eigenvalue weighted by atomic mass is 127. The van der Waals surface area contributed by atoms with Crippen LogP contribution in [0.25, 0.3) is 5.57 Å². The smallest absolute Gasteiger partial charge is 0.238 e. The summed E-state index contributed by atoms with van der Waals surface area (Å²) >= 11 is 2.22. The number of rotatable bonds is 5. The monoisotopic (exact) mass is 589 g/mol. The molecule has 2 amide bonds. The van der Waals surface area contributed by atoms with E-state index in [1.165, 1.54) is 4.90 Å². The highest BCUT2D eigenvalue weighted by molar-refractivity contribution is 14.1. The van der Waals surface area contributed by atoms with E-state index in [1.807, 2.05) is 72.8 Å². The lowest BCUT2D eigenvalue weighted by Gasteiger charge is -2.22. The van der Waals surface area contributed by atoms with Gasteiger partial charge in [-0.1, -0.05) is 36.4 Å². The number of fused-ring (bicyclic) bond motifs is 5. The first-order valence-corrected chi connectivity index (χ1v) is 12.9. The molecule has 0 spiro atoms. The summed E-state index contributed by atoms with van der Waals surface area (Å²) in [6, 6.07) is 23.5. The molecular weight excluding hydrogens is 565 g/mol. The Kier molecular flexibility index (Phi) is 5.71. The van der Waals surface area contributed by atoms with E-state index in [2.05, 4.69) is 34.7 Å². The maximum Gasteiger partial charge on any atom is 0.238 e. The van der Waals surface area contributed by atoms with Gasteiger partial charge in [0.05, 0.1) is 31.7 Å². The van der Waals surface area contributed by atoms with Crippen LogP contribution in [0, 0.1) is 27.2 Å². The minimum Gasteiger partial charge on any atom is -0.497 e. The average molecular weight is 589 g/mol. The lowest BCUT2D eigenvalue weighted by molar-refractivity contribution is -0.122. The summed E-state index contributed by atoms with van der Waals surface area (Å²) in [5.74, 6) is 0.339. The molecule has 2 bridgehead atoms. The van der Waals surface area contributed by atoms with Crippen LogP contribution in [-0.2, 0) is 9.59 Å². The van der Waals surface area contributed by atoms with Crippen LogP contribution in [0.2, 0.25) is 0 Å². The van der Waals surface area contributed by atoms with Gasteiger partial charge < -0.3 is 9.47 Å². The molecule has 2 aliphatic carbocycles. The number of anilines is 1. The Morgan fingerprint density at radius 2 is 1.14 bits per heavy atom. The van der Waals surface area contributed by atoms with Crippen molar-refractivity contribution in [2.75, 3.05) is 19.1 Å². The number of nitrogens with zero attached hydrogens (tertiary/aromatic N) is 1. The first kappa shape index (κ1) is 23.0. The summed E-state index contributed by atoms with van der Waals surface area (Å²) in [6.07, 6.45) is 4.24. The van der Waals surface area contributed by atoms with Crippen LogP contribution in [0.15, 0.2) is 90.5 Å². The second kappa shape index (κ2) is 8.92. The molecule has 36 heavy (non-hydrogen) atoms. The first-order valence-electron chi connectivity index (χ1n) is 11.9. The molecule has 0 aromatic heterocycles. The Balaban J connectivity index is 1.47. The van der Waals surface area contributed by atoms with Gasteiger partial charge in [0.25, 0.3) is 0 Å². The summed E-state index contributed by atoms with van der Waals surface area (Å²) in [6.45, 7) is 0. The normalized spacial score (nSPS) is 23.9. The molecule has 0 radical (unpaired) electrons. The number of ether oxygens (including phenoxy) is 2. The number of imide groups is 1. The largest absolute Gasteiger partial charge is 0.497 e. The van der Waals surface area contributed by atoms with Crippen molar-refractivity contribution in [2.24, 2.45) is 23.7 Å². The minimum atomic E-state index is -0.381.